The number of carbonyl (C=O) groups is 1. The Morgan fingerprint density at radius 3 is 2.79 bits per heavy atom. The number of nitriles is 1. The summed E-state index contributed by atoms with van der Waals surface area (Å²) in [5.41, 5.74) is 0.423. The van der Waals surface area contributed by atoms with Crippen molar-refractivity contribution < 1.29 is 9.18 Å². The summed E-state index contributed by atoms with van der Waals surface area (Å²) in [7, 11) is 0. The number of alkyl halides is 1. The van der Waals surface area contributed by atoms with Gasteiger partial charge in [-0.15, -0.1) is 11.6 Å². The van der Waals surface area contributed by atoms with E-state index in [0.717, 1.165) is 0 Å². The molecule has 72 valence electrons. The minimum Gasteiger partial charge on any atom is -0.293 e. The predicted molar refractivity (Wildman–Crippen MR) is 50.9 cm³/mol. The van der Waals surface area contributed by atoms with E-state index >= 15 is 0 Å². The van der Waals surface area contributed by atoms with Crippen molar-refractivity contribution in [3.8, 4) is 6.07 Å². The Balaban J connectivity index is 3.47. The maximum Gasteiger partial charge on any atom is 0.179 e. The van der Waals surface area contributed by atoms with Gasteiger partial charge >= 0.3 is 0 Å². The van der Waals surface area contributed by atoms with Crippen LogP contribution in [0.15, 0.2) is 12.1 Å². The van der Waals surface area contributed by atoms with Crippen LogP contribution in [0.25, 0.3) is 0 Å². The lowest BCUT2D eigenvalue weighted by molar-refractivity contribution is 0.102. The van der Waals surface area contributed by atoms with Crippen LogP contribution < -0.4 is 0 Å². The zero-order valence-electron chi connectivity index (χ0n) is 7.47. The van der Waals surface area contributed by atoms with Gasteiger partial charge in [-0.2, -0.15) is 5.26 Å². The monoisotopic (exact) mass is 211 g/mol. The van der Waals surface area contributed by atoms with Crippen LogP contribution in [0.2, 0.25) is 0 Å². The van der Waals surface area contributed by atoms with E-state index < -0.39 is 11.6 Å². The zero-order valence-corrected chi connectivity index (χ0v) is 8.23. The largest absolute Gasteiger partial charge is 0.293 e. The summed E-state index contributed by atoms with van der Waals surface area (Å²) < 4.78 is 13.1. The van der Waals surface area contributed by atoms with E-state index in [1.165, 1.54) is 12.1 Å². The van der Waals surface area contributed by atoms with Gasteiger partial charge in [0.15, 0.2) is 5.78 Å². The topological polar surface area (TPSA) is 40.9 Å². The van der Waals surface area contributed by atoms with Crippen molar-refractivity contribution in [2.75, 3.05) is 5.88 Å². The third-order valence-corrected chi connectivity index (χ3v) is 2.12. The average molecular weight is 212 g/mol. The van der Waals surface area contributed by atoms with Crippen molar-refractivity contribution in [3.05, 3.63) is 34.6 Å². The second-order valence-electron chi connectivity index (χ2n) is 2.78. The molecule has 0 saturated heterocycles. The van der Waals surface area contributed by atoms with E-state index in [-0.39, 0.29) is 17.0 Å². The highest BCUT2D eigenvalue weighted by atomic mass is 35.5. The molecule has 14 heavy (non-hydrogen) atoms. The van der Waals surface area contributed by atoms with Crippen LogP contribution in [0.3, 0.4) is 0 Å². The second kappa shape index (κ2) is 4.21. The van der Waals surface area contributed by atoms with Crippen molar-refractivity contribution in [2.24, 2.45) is 0 Å². The van der Waals surface area contributed by atoms with Gasteiger partial charge in [-0.3, -0.25) is 4.79 Å². The van der Waals surface area contributed by atoms with Crippen LogP contribution in [-0.2, 0) is 0 Å². The molecule has 0 bridgehead atoms. The van der Waals surface area contributed by atoms with Crippen LogP contribution in [0.5, 0.6) is 0 Å². The van der Waals surface area contributed by atoms with Gasteiger partial charge in [-0.1, -0.05) is 6.07 Å². The molecule has 1 rings (SSSR count). The lowest BCUT2D eigenvalue weighted by Gasteiger charge is -2.05. The quantitative estimate of drug-likeness (QED) is 0.557. The molecule has 4 heteroatoms. The molecule has 0 unspecified atom stereocenters. The molecule has 0 atom stereocenters. The smallest absolute Gasteiger partial charge is 0.179 e. The third kappa shape index (κ3) is 1.75. The standard InChI is InChI=1S/C10H7ClFNO/c1-6-2-3-8(12)7(5-13)10(6)9(14)4-11/h2-3H,4H2,1H3. The fraction of sp³-hybridized carbons (Fsp3) is 0.200. The lowest BCUT2D eigenvalue weighted by atomic mass is 9.99. The molecule has 2 nitrogen and oxygen atoms in total. The molecule has 0 N–H and O–H groups in total. The maximum absolute atomic E-state index is 13.1. The third-order valence-electron chi connectivity index (χ3n) is 1.87. The Labute approximate surface area is 85.9 Å². The molecule has 1 aromatic carbocycles. The highest BCUT2D eigenvalue weighted by Crippen LogP contribution is 2.18. The molecule has 0 spiro atoms. The number of ketones is 1. The molecule has 0 radical (unpaired) electrons. The maximum atomic E-state index is 13.1. The lowest BCUT2D eigenvalue weighted by Crippen LogP contribution is -2.07. The number of carbonyl (C=O) groups excluding carboxylic acids is 1. The van der Waals surface area contributed by atoms with Gasteiger partial charge in [0.05, 0.1) is 11.4 Å². The summed E-state index contributed by atoms with van der Waals surface area (Å²) in [5, 5.41) is 8.68. The number of benzene rings is 1. The number of halogens is 2. The highest BCUT2D eigenvalue weighted by molar-refractivity contribution is 6.30. The molecule has 0 heterocycles. The molecule has 0 aliphatic heterocycles. The number of hydrogen-bond donors (Lipinski definition) is 0. The summed E-state index contributed by atoms with van der Waals surface area (Å²) in [6.07, 6.45) is 0. The first kappa shape index (κ1) is 10.7. The molecule has 0 fully saturated rings. The number of rotatable bonds is 2. The summed E-state index contributed by atoms with van der Waals surface area (Å²) in [4.78, 5) is 11.3. The molecule has 0 aromatic heterocycles. The van der Waals surface area contributed by atoms with Crippen LogP contribution in [-0.4, -0.2) is 11.7 Å². The average Bonchev–Trinajstić information content (AvgIpc) is 2.19. The first-order valence-corrected chi connectivity index (χ1v) is 4.43. The van der Waals surface area contributed by atoms with Gasteiger partial charge in [-0.05, 0) is 18.6 Å². The van der Waals surface area contributed by atoms with E-state index in [0.29, 0.717) is 5.56 Å². The summed E-state index contributed by atoms with van der Waals surface area (Å²) in [6, 6.07) is 4.29. The van der Waals surface area contributed by atoms with Gasteiger partial charge in [-0.25, -0.2) is 4.39 Å². The molecular formula is C10H7ClFNO. The highest BCUT2D eigenvalue weighted by Gasteiger charge is 2.16. The van der Waals surface area contributed by atoms with Crippen molar-refractivity contribution in [3.63, 3.8) is 0 Å². The van der Waals surface area contributed by atoms with Gasteiger partial charge in [0.2, 0.25) is 0 Å². The second-order valence-corrected chi connectivity index (χ2v) is 3.05. The SMILES string of the molecule is Cc1ccc(F)c(C#N)c1C(=O)CCl. The van der Waals surface area contributed by atoms with Crippen molar-refractivity contribution in [1.82, 2.24) is 0 Å². The number of aryl methyl sites for hydroxylation is 1. The zero-order chi connectivity index (χ0) is 10.7. The van der Waals surface area contributed by atoms with E-state index in [2.05, 4.69) is 0 Å². The Bertz CT molecular complexity index is 423. The fourth-order valence-corrected chi connectivity index (χ4v) is 1.35. The van der Waals surface area contributed by atoms with E-state index in [4.69, 9.17) is 16.9 Å². The normalized spacial score (nSPS) is 9.57. The van der Waals surface area contributed by atoms with Crippen LogP contribution >= 0.6 is 11.6 Å². The van der Waals surface area contributed by atoms with Crippen molar-refractivity contribution in [1.29, 1.82) is 5.26 Å². The molecule has 1 aromatic rings. The Hall–Kier alpha value is -1.40. The first-order chi connectivity index (χ1) is 6.61. The van der Waals surface area contributed by atoms with E-state index in [9.17, 15) is 9.18 Å². The van der Waals surface area contributed by atoms with Crippen LogP contribution in [0, 0.1) is 24.1 Å². The van der Waals surface area contributed by atoms with Gasteiger partial charge in [0.1, 0.15) is 11.9 Å². The van der Waals surface area contributed by atoms with Crippen LogP contribution in [0.4, 0.5) is 4.39 Å². The minimum absolute atomic E-state index is 0.0856. The molecular weight excluding hydrogens is 205 g/mol. The van der Waals surface area contributed by atoms with Gasteiger partial charge in [0, 0.05) is 5.56 Å². The van der Waals surface area contributed by atoms with Crippen LogP contribution in [0.1, 0.15) is 21.5 Å². The number of Topliss-reactive ketones (excluding diaryl/α,β-unsaturated/α-hetero) is 1. The minimum atomic E-state index is -0.688. The van der Waals surface area contributed by atoms with Gasteiger partial charge in [0.25, 0.3) is 0 Å². The molecule has 0 saturated carbocycles. The first-order valence-electron chi connectivity index (χ1n) is 3.90. The Kier molecular flexibility index (Phi) is 3.21. The van der Waals surface area contributed by atoms with Gasteiger partial charge < -0.3 is 0 Å². The van der Waals surface area contributed by atoms with Crippen molar-refractivity contribution >= 4 is 17.4 Å². The van der Waals surface area contributed by atoms with E-state index in [1.54, 1.807) is 13.0 Å². The number of nitrogens with zero attached hydrogens (tertiary/aromatic N) is 1. The molecule has 0 amide bonds. The van der Waals surface area contributed by atoms with Crippen molar-refractivity contribution in [2.45, 2.75) is 6.92 Å². The Morgan fingerprint density at radius 1 is 1.64 bits per heavy atom. The summed E-state index contributed by atoms with van der Waals surface area (Å²) in [5.74, 6) is -1.37. The summed E-state index contributed by atoms with van der Waals surface area (Å²) >= 11 is 5.36. The molecule has 0 aliphatic rings. The summed E-state index contributed by atoms with van der Waals surface area (Å²) in [6.45, 7) is 1.64. The predicted octanol–water partition coefficient (Wildman–Crippen LogP) is 2.43. The van der Waals surface area contributed by atoms with E-state index in [1.807, 2.05) is 0 Å². The molecule has 0 aliphatic carbocycles. The fourth-order valence-electron chi connectivity index (χ4n) is 1.22. The Morgan fingerprint density at radius 2 is 2.29 bits per heavy atom. The number of hydrogen-bond acceptors (Lipinski definition) is 2.